The van der Waals surface area contributed by atoms with Crippen LogP contribution in [-0.2, 0) is 52.6 Å². The Hall–Kier alpha value is -6.65. The fraction of sp³-hybridized carbons (Fsp3) is 0.324. The molecule has 1 radical (unpaired) electrons. The van der Waals surface area contributed by atoms with E-state index in [0.29, 0.717) is 0 Å². The van der Waals surface area contributed by atoms with Crippen molar-refractivity contribution in [3.8, 4) is 22.5 Å². The summed E-state index contributed by atoms with van der Waals surface area (Å²) in [5.41, 5.74) is 16.7. The standard InChI is InChI=1S/2C37H36NO.Ir/c2*1-35(2,3)30-19-24(18-22-10-8-9-11-25(22)30)33-27-21-28-26-12-13-29-32(37(6,7)16-15-36(29,4)5)34(26)39-31(28)20-23(27)14-17-38-33;/h2*8-14,17,19-21H,15-16H2,1-7H3;/q2*-1;. The maximum atomic E-state index is 6.73. The molecular weight excluding hydrogens is 1140 g/mol. The van der Waals surface area contributed by atoms with Gasteiger partial charge in [0.1, 0.15) is 22.3 Å². The first kappa shape index (κ1) is 53.0. The maximum Gasteiger partial charge on any atom is 0.139 e. The molecule has 4 nitrogen and oxygen atoms in total. The number of rotatable bonds is 2. The van der Waals surface area contributed by atoms with E-state index in [0.717, 1.165) is 101 Å². The molecule has 0 saturated heterocycles. The molecule has 0 atom stereocenters. The number of nitrogens with zero attached hydrogens (tertiary/aromatic N) is 2. The summed E-state index contributed by atoms with van der Waals surface area (Å²) in [6.45, 7) is 32.6. The van der Waals surface area contributed by atoms with E-state index in [2.05, 4.69) is 230 Å². The van der Waals surface area contributed by atoms with Gasteiger partial charge in [-0.05, 0) is 127 Å². The van der Waals surface area contributed by atoms with Crippen LogP contribution in [0.5, 0.6) is 0 Å². The van der Waals surface area contributed by atoms with Gasteiger partial charge in [0, 0.05) is 76.6 Å². The van der Waals surface area contributed by atoms with Crippen LogP contribution in [0.1, 0.15) is 156 Å². The summed E-state index contributed by atoms with van der Waals surface area (Å²) in [6.07, 6.45) is 8.53. The number of hydrogen-bond acceptors (Lipinski definition) is 4. The van der Waals surface area contributed by atoms with Crippen LogP contribution < -0.4 is 0 Å². The smallest absolute Gasteiger partial charge is 0.139 e. The van der Waals surface area contributed by atoms with Gasteiger partial charge in [-0.2, -0.15) is 0 Å². The van der Waals surface area contributed by atoms with Gasteiger partial charge in [-0.15, -0.1) is 58.3 Å². The third-order valence-corrected chi connectivity index (χ3v) is 18.3. The zero-order valence-electron chi connectivity index (χ0n) is 48.6. The van der Waals surface area contributed by atoms with Crippen molar-refractivity contribution < 1.29 is 28.9 Å². The van der Waals surface area contributed by atoms with Crippen LogP contribution in [0, 0.1) is 12.1 Å². The van der Waals surface area contributed by atoms with Crippen LogP contribution >= 0.6 is 0 Å². The van der Waals surface area contributed by atoms with E-state index in [1.54, 1.807) is 0 Å². The van der Waals surface area contributed by atoms with Gasteiger partial charge in [-0.1, -0.05) is 179 Å². The van der Waals surface area contributed by atoms with Crippen LogP contribution in [0.3, 0.4) is 0 Å². The Labute approximate surface area is 479 Å². The molecule has 0 unspecified atom stereocenters. The molecule has 4 heterocycles. The number of hydrogen-bond donors (Lipinski definition) is 0. The topological polar surface area (TPSA) is 52.1 Å². The van der Waals surface area contributed by atoms with E-state index in [-0.39, 0.29) is 52.6 Å². The molecule has 0 spiro atoms. The fourth-order valence-corrected chi connectivity index (χ4v) is 13.6. The average molecular weight is 1210 g/mol. The molecule has 14 rings (SSSR count). The number of fused-ring (bicyclic) bond motifs is 14. The predicted molar refractivity (Wildman–Crippen MR) is 330 cm³/mol. The van der Waals surface area contributed by atoms with E-state index < -0.39 is 0 Å². The number of aromatic nitrogens is 2. The van der Waals surface area contributed by atoms with Gasteiger partial charge in [-0.25, -0.2) is 0 Å². The van der Waals surface area contributed by atoms with Crippen molar-refractivity contribution >= 4 is 87.0 Å². The summed E-state index contributed by atoms with van der Waals surface area (Å²) < 4.78 is 13.5. The largest absolute Gasteiger partial charge is 0.456 e. The minimum atomic E-state index is 0. The number of benzene rings is 8. The SMILES string of the molecule is CC(C)(C)c1cc(-c2nccc3cc4oc5c6c(ccc5c4cc23)C(C)(C)CCC6(C)C)[c-]c2ccccc12.CC(C)(C)c1cc(-c2nccc3cc4oc5c6c(ccc5c4cc23)C(C)(C)CCC6(C)C)[c-]c2ccccc12.[Ir]. The quantitative estimate of drug-likeness (QED) is 0.162. The molecule has 4 aromatic heterocycles. The molecule has 2 aliphatic rings. The van der Waals surface area contributed by atoms with Crippen LogP contribution in [0.15, 0.2) is 143 Å². The van der Waals surface area contributed by atoms with Crippen LogP contribution in [-0.4, -0.2) is 9.97 Å². The monoisotopic (exact) mass is 1210 g/mol. The first-order chi connectivity index (χ1) is 36.9. The Morgan fingerprint density at radius 1 is 0.405 bits per heavy atom. The maximum absolute atomic E-state index is 6.73. The third kappa shape index (κ3) is 8.63. The van der Waals surface area contributed by atoms with Crippen molar-refractivity contribution in [2.45, 2.75) is 155 Å². The van der Waals surface area contributed by atoms with Gasteiger partial charge >= 0.3 is 0 Å². The number of furan rings is 2. The fourth-order valence-electron chi connectivity index (χ4n) is 13.6. The van der Waals surface area contributed by atoms with Crippen molar-refractivity contribution in [2.24, 2.45) is 0 Å². The molecule has 401 valence electrons. The zero-order chi connectivity index (χ0) is 54.6. The molecule has 0 N–H and O–H groups in total. The van der Waals surface area contributed by atoms with Crippen LogP contribution in [0.25, 0.3) is 109 Å². The minimum Gasteiger partial charge on any atom is -0.456 e. The summed E-state index contributed by atoms with van der Waals surface area (Å²) in [5.74, 6) is 0. The van der Waals surface area contributed by atoms with Crippen molar-refractivity contribution in [2.75, 3.05) is 0 Å². The molecule has 79 heavy (non-hydrogen) atoms. The summed E-state index contributed by atoms with van der Waals surface area (Å²) in [6, 6.07) is 51.6. The zero-order valence-corrected chi connectivity index (χ0v) is 51.0. The van der Waals surface area contributed by atoms with Crippen molar-refractivity contribution in [1.82, 2.24) is 9.97 Å². The molecule has 0 saturated carbocycles. The normalized spacial score (nSPS) is 16.6. The molecule has 0 fully saturated rings. The first-order valence-corrected chi connectivity index (χ1v) is 28.4. The number of pyridine rings is 2. The predicted octanol–water partition coefficient (Wildman–Crippen LogP) is 20.8. The van der Waals surface area contributed by atoms with E-state index in [9.17, 15) is 0 Å². The Bertz CT molecular complexity index is 4180. The Morgan fingerprint density at radius 2 is 0.785 bits per heavy atom. The first-order valence-electron chi connectivity index (χ1n) is 28.4. The second kappa shape index (κ2) is 18.2. The van der Waals surface area contributed by atoms with E-state index in [4.69, 9.17) is 18.8 Å². The summed E-state index contributed by atoms with van der Waals surface area (Å²) >= 11 is 0. The molecule has 2 aliphatic carbocycles. The van der Waals surface area contributed by atoms with E-state index >= 15 is 0 Å². The van der Waals surface area contributed by atoms with Crippen molar-refractivity contribution in [3.05, 3.63) is 179 Å². The van der Waals surface area contributed by atoms with Gasteiger partial charge in [0.2, 0.25) is 0 Å². The Kier molecular flexibility index (Phi) is 12.2. The third-order valence-electron chi connectivity index (χ3n) is 18.3. The molecule has 0 amide bonds. The second-order valence-corrected chi connectivity index (χ2v) is 27.7. The van der Waals surface area contributed by atoms with Crippen LogP contribution in [0.4, 0.5) is 0 Å². The van der Waals surface area contributed by atoms with Crippen molar-refractivity contribution in [3.63, 3.8) is 0 Å². The Morgan fingerprint density at radius 3 is 1.18 bits per heavy atom. The van der Waals surface area contributed by atoms with Crippen molar-refractivity contribution in [1.29, 1.82) is 0 Å². The molecule has 12 aromatic rings. The minimum absolute atomic E-state index is 0. The van der Waals surface area contributed by atoms with Gasteiger partial charge < -0.3 is 8.83 Å². The summed E-state index contributed by atoms with van der Waals surface area (Å²) in [5, 5.41) is 14.0. The van der Waals surface area contributed by atoms with Gasteiger partial charge in [0.05, 0.1) is 0 Å². The molecule has 5 heteroatoms. The molecule has 0 aliphatic heterocycles. The second-order valence-electron chi connectivity index (χ2n) is 27.7. The van der Waals surface area contributed by atoms with Gasteiger partial charge in [0.15, 0.2) is 0 Å². The molecule has 8 aromatic carbocycles. The average Bonchev–Trinajstić information content (AvgIpc) is 4.22. The van der Waals surface area contributed by atoms with E-state index in [1.165, 1.54) is 67.8 Å². The summed E-state index contributed by atoms with van der Waals surface area (Å²) in [7, 11) is 0. The molecule has 0 bridgehead atoms. The summed E-state index contributed by atoms with van der Waals surface area (Å²) in [4.78, 5) is 9.86. The molecular formula is C74H72IrN2O2-2. The van der Waals surface area contributed by atoms with Gasteiger partial charge in [0.25, 0.3) is 0 Å². The van der Waals surface area contributed by atoms with Crippen LogP contribution in [0.2, 0.25) is 0 Å². The Balaban J connectivity index is 0.000000156. The van der Waals surface area contributed by atoms with E-state index in [1.807, 2.05) is 12.4 Å². The van der Waals surface area contributed by atoms with Gasteiger partial charge in [-0.3, -0.25) is 9.97 Å².